The summed E-state index contributed by atoms with van der Waals surface area (Å²) in [5.41, 5.74) is 2.62. The third-order valence-corrected chi connectivity index (χ3v) is 3.55. The zero-order valence-corrected chi connectivity index (χ0v) is 12.9. The zero-order chi connectivity index (χ0) is 14.4. The Morgan fingerprint density at radius 2 is 2.15 bits per heavy atom. The van der Waals surface area contributed by atoms with Crippen LogP contribution in [0.3, 0.4) is 0 Å². The lowest BCUT2D eigenvalue weighted by Crippen LogP contribution is -2.25. The third-order valence-electron chi connectivity index (χ3n) is 3.55. The normalized spacial score (nSPS) is 14.8. The van der Waals surface area contributed by atoms with Crippen molar-refractivity contribution in [3.05, 3.63) is 17.2 Å². The minimum atomic E-state index is 0.625. The van der Waals surface area contributed by atoms with Crippen LogP contribution in [0.5, 0.6) is 0 Å². The second-order valence-corrected chi connectivity index (χ2v) is 5.70. The lowest BCUT2D eigenvalue weighted by atomic mass is 10.1. The number of aromatic nitrogens is 2. The van der Waals surface area contributed by atoms with Gasteiger partial charge in [-0.3, -0.25) is 0 Å². The van der Waals surface area contributed by atoms with Crippen molar-refractivity contribution in [1.82, 2.24) is 14.9 Å². The summed E-state index contributed by atoms with van der Waals surface area (Å²) in [6.07, 6.45) is 2.10. The van der Waals surface area contributed by atoms with Gasteiger partial charge in [-0.1, -0.05) is 13.8 Å². The summed E-state index contributed by atoms with van der Waals surface area (Å²) in [5.74, 6) is 1.84. The zero-order valence-electron chi connectivity index (χ0n) is 12.9. The Balaban J connectivity index is 2.01. The van der Waals surface area contributed by atoms with Crippen LogP contribution in [0.25, 0.3) is 0 Å². The summed E-state index contributed by atoms with van der Waals surface area (Å²) in [6.45, 7) is 9.37. The molecule has 20 heavy (non-hydrogen) atoms. The molecule has 0 spiro atoms. The highest BCUT2D eigenvalue weighted by Crippen LogP contribution is 2.18. The van der Waals surface area contributed by atoms with E-state index in [4.69, 9.17) is 14.5 Å². The summed E-state index contributed by atoms with van der Waals surface area (Å²) >= 11 is 0. The van der Waals surface area contributed by atoms with Crippen LogP contribution < -0.4 is 5.32 Å². The fraction of sp³-hybridized carbons (Fsp3) is 0.800. The number of methoxy groups -OCH3 is 1. The molecule has 2 rings (SSSR count). The molecule has 0 saturated carbocycles. The van der Waals surface area contributed by atoms with Gasteiger partial charge in [-0.05, 0) is 5.92 Å². The van der Waals surface area contributed by atoms with E-state index < -0.39 is 0 Å². The third kappa shape index (κ3) is 4.04. The van der Waals surface area contributed by atoms with E-state index in [2.05, 4.69) is 23.7 Å². The topological polar surface area (TPSA) is 48.3 Å². The van der Waals surface area contributed by atoms with E-state index in [1.165, 1.54) is 17.2 Å². The van der Waals surface area contributed by atoms with Crippen molar-refractivity contribution in [3.8, 4) is 0 Å². The van der Waals surface area contributed by atoms with Crippen LogP contribution in [0.15, 0.2) is 0 Å². The van der Waals surface area contributed by atoms with Crippen molar-refractivity contribution in [2.24, 2.45) is 5.92 Å². The SMILES string of the molecule is COCCOCCn1c(CC(C)C)nc2c1CCNC2. The Morgan fingerprint density at radius 1 is 1.30 bits per heavy atom. The number of nitrogens with one attached hydrogen (secondary N) is 1. The quantitative estimate of drug-likeness (QED) is 0.732. The molecule has 1 aromatic heterocycles. The summed E-state index contributed by atoms with van der Waals surface area (Å²) in [4.78, 5) is 4.83. The molecule has 1 aromatic rings. The van der Waals surface area contributed by atoms with E-state index in [0.29, 0.717) is 19.1 Å². The van der Waals surface area contributed by atoms with Crippen LogP contribution in [-0.4, -0.2) is 43.0 Å². The smallest absolute Gasteiger partial charge is 0.109 e. The molecule has 1 aliphatic heterocycles. The maximum Gasteiger partial charge on any atom is 0.109 e. The maximum atomic E-state index is 5.61. The molecule has 5 heteroatoms. The first-order chi connectivity index (χ1) is 9.72. The molecular weight excluding hydrogens is 254 g/mol. The van der Waals surface area contributed by atoms with Crippen molar-refractivity contribution in [1.29, 1.82) is 0 Å². The van der Waals surface area contributed by atoms with Gasteiger partial charge in [-0.25, -0.2) is 4.98 Å². The summed E-state index contributed by atoms with van der Waals surface area (Å²) < 4.78 is 13.0. The largest absolute Gasteiger partial charge is 0.382 e. The summed E-state index contributed by atoms with van der Waals surface area (Å²) in [5, 5.41) is 3.40. The molecule has 1 N–H and O–H groups in total. The number of ether oxygens (including phenoxy) is 2. The molecule has 0 radical (unpaired) electrons. The molecule has 0 fully saturated rings. The molecule has 0 bridgehead atoms. The number of hydrogen-bond acceptors (Lipinski definition) is 4. The molecule has 2 heterocycles. The van der Waals surface area contributed by atoms with Gasteiger partial charge in [-0.2, -0.15) is 0 Å². The van der Waals surface area contributed by atoms with Crippen LogP contribution in [0.2, 0.25) is 0 Å². The molecule has 0 amide bonds. The van der Waals surface area contributed by atoms with Gasteiger partial charge in [0.1, 0.15) is 5.82 Å². The van der Waals surface area contributed by atoms with Gasteiger partial charge in [0, 0.05) is 45.3 Å². The van der Waals surface area contributed by atoms with Gasteiger partial charge in [0.25, 0.3) is 0 Å². The van der Waals surface area contributed by atoms with Gasteiger partial charge < -0.3 is 19.4 Å². The van der Waals surface area contributed by atoms with E-state index in [1.807, 2.05) is 0 Å². The highest BCUT2D eigenvalue weighted by Gasteiger charge is 2.19. The number of hydrogen-bond donors (Lipinski definition) is 1. The molecule has 0 saturated heterocycles. The Hall–Kier alpha value is -0.910. The summed E-state index contributed by atoms with van der Waals surface area (Å²) in [7, 11) is 1.70. The Labute approximate surface area is 121 Å². The maximum absolute atomic E-state index is 5.61. The number of imidazole rings is 1. The predicted octanol–water partition coefficient (Wildman–Crippen LogP) is 1.39. The van der Waals surface area contributed by atoms with Crippen LogP contribution in [0.1, 0.15) is 31.1 Å². The monoisotopic (exact) mass is 281 g/mol. The van der Waals surface area contributed by atoms with Gasteiger partial charge in [-0.15, -0.1) is 0 Å². The number of fused-ring (bicyclic) bond motifs is 1. The average Bonchev–Trinajstić information content (AvgIpc) is 2.75. The van der Waals surface area contributed by atoms with Crippen molar-refractivity contribution in [2.45, 2.75) is 39.8 Å². The molecule has 0 aliphatic carbocycles. The lowest BCUT2D eigenvalue weighted by Gasteiger charge is -2.16. The summed E-state index contributed by atoms with van der Waals surface area (Å²) in [6, 6.07) is 0. The van der Waals surface area contributed by atoms with Crippen molar-refractivity contribution < 1.29 is 9.47 Å². The van der Waals surface area contributed by atoms with Gasteiger partial charge in [0.05, 0.1) is 25.5 Å². The standard InChI is InChI=1S/C15H27N3O2/c1-12(2)10-15-17-13-11-16-5-4-14(13)18(15)6-7-20-9-8-19-3/h12,16H,4-11H2,1-3H3. The Bertz CT molecular complexity index is 415. The van der Waals surface area contributed by atoms with Gasteiger partial charge >= 0.3 is 0 Å². The first-order valence-corrected chi connectivity index (χ1v) is 7.57. The van der Waals surface area contributed by atoms with Crippen molar-refractivity contribution >= 4 is 0 Å². The predicted molar refractivity (Wildman–Crippen MR) is 78.9 cm³/mol. The number of rotatable bonds is 8. The van der Waals surface area contributed by atoms with Crippen LogP contribution in [0, 0.1) is 5.92 Å². The minimum Gasteiger partial charge on any atom is -0.382 e. The van der Waals surface area contributed by atoms with Crippen molar-refractivity contribution in [2.75, 3.05) is 33.5 Å². The fourth-order valence-electron chi connectivity index (χ4n) is 2.61. The van der Waals surface area contributed by atoms with Gasteiger partial charge in [0.2, 0.25) is 0 Å². The molecule has 0 aromatic carbocycles. The van der Waals surface area contributed by atoms with E-state index in [-0.39, 0.29) is 0 Å². The lowest BCUT2D eigenvalue weighted by molar-refractivity contribution is 0.0660. The van der Waals surface area contributed by atoms with Gasteiger partial charge in [0.15, 0.2) is 0 Å². The Kier molecular flexibility index (Phi) is 6.01. The van der Waals surface area contributed by atoms with E-state index >= 15 is 0 Å². The average molecular weight is 281 g/mol. The van der Waals surface area contributed by atoms with E-state index in [1.54, 1.807) is 7.11 Å². The molecule has 5 nitrogen and oxygen atoms in total. The molecule has 0 atom stereocenters. The van der Waals surface area contributed by atoms with E-state index in [0.717, 1.165) is 39.1 Å². The minimum absolute atomic E-state index is 0.625. The highest BCUT2D eigenvalue weighted by atomic mass is 16.5. The van der Waals surface area contributed by atoms with Crippen molar-refractivity contribution in [3.63, 3.8) is 0 Å². The highest BCUT2D eigenvalue weighted by molar-refractivity contribution is 5.20. The molecule has 1 aliphatic rings. The fourth-order valence-corrected chi connectivity index (χ4v) is 2.61. The van der Waals surface area contributed by atoms with E-state index in [9.17, 15) is 0 Å². The van der Waals surface area contributed by atoms with Crippen LogP contribution >= 0.6 is 0 Å². The molecule has 114 valence electrons. The first kappa shape index (κ1) is 15.5. The molecule has 0 unspecified atom stereocenters. The first-order valence-electron chi connectivity index (χ1n) is 7.57. The van der Waals surface area contributed by atoms with Crippen LogP contribution in [0.4, 0.5) is 0 Å². The number of nitrogens with zero attached hydrogens (tertiary/aromatic N) is 2. The second kappa shape index (κ2) is 7.76. The van der Waals surface area contributed by atoms with Crippen LogP contribution in [-0.2, 0) is 35.4 Å². The second-order valence-electron chi connectivity index (χ2n) is 5.70. The Morgan fingerprint density at radius 3 is 2.90 bits per heavy atom. The molecular formula is C15H27N3O2.